The van der Waals surface area contributed by atoms with Crippen LogP contribution >= 0.6 is 0 Å². The number of anilines is 3. The Morgan fingerprint density at radius 3 is 1.30 bits per heavy atom. The van der Waals surface area contributed by atoms with Crippen molar-refractivity contribution in [1.82, 2.24) is 0 Å². The molecule has 9 rings (SSSR count). The van der Waals surface area contributed by atoms with Crippen molar-refractivity contribution >= 4 is 27.8 Å². The summed E-state index contributed by atoms with van der Waals surface area (Å²) in [6.07, 6.45) is 0. The van der Waals surface area contributed by atoms with Crippen LogP contribution in [0.1, 0.15) is 0 Å². The standard InChI is InChI=1S/C52H37N/c1-5-17-38(18-6-1)47-33-31-44(36-50(47)41-21-9-3-10-22-41)43-27-15-28-45(35-43)53(52-30-16-26-40-25-13-14-29-49(40)52)46-32-34-48(39-19-7-2-8-20-39)51(37-46)42-23-11-4-12-24-42/h1-37H. The zero-order valence-corrected chi connectivity index (χ0v) is 29.3. The topological polar surface area (TPSA) is 3.24 Å². The molecule has 0 amide bonds. The molecule has 1 heteroatoms. The molecule has 0 radical (unpaired) electrons. The highest BCUT2D eigenvalue weighted by Gasteiger charge is 2.19. The summed E-state index contributed by atoms with van der Waals surface area (Å²) in [5.41, 5.74) is 15.3. The minimum absolute atomic E-state index is 1.10. The summed E-state index contributed by atoms with van der Waals surface area (Å²) in [6, 6.07) is 80.9. The molecule has 0 spiro atoms. The number of rotatable bonds is 8. The van der Waals surface area contributed by atoms with Gasteiger partial charge >= 0.3 is 0 Å². The van der Waals surface area contributed by atoms with Gasteiger partial charge in [-0.1, -0.05) is 188 Å². The number of hydrogen-bond acceptors (Lipinski definition) is 1. The third kappa shape index (κ3) is 6.42. The quantitative estimate of drug-likeness (QED) is 0.155. The molecule has 0 aliphatic heterocycles. The molecular weight excluding hydrogens is 639 g/mol. The summed E-state index contributed by atoms with van der Waals surface area (Å²) in [4.78, 5) is 2.42. The van der Waals surface area contributed by atoms with E-state index < -0.39 is 0 Å². The fraction of sp³-hybridized carbons (Fsp3) is 0. The van der Waals surface area contributed by atoms with Crippen LogP contribution in [0.15, 0.2) is 224 Å². The van der Waals surface area contributed by atoms with Crippen molar-refractivity contribution in [2.24, 2.45) is 0 Å². The van der Waals surface area contributed by atoms with E-state index in [9.17, 15) is 0 Å². The Hall–Kier alpha value is -6.96. The van der Waals surface area contributed by atoms with Crippen LogP contribution < -0.4 is 4.90 Å². The molecule has 0 N–H and O–H groups in total. The van der Waals surface area contributed by atoms with Gasteiger partial charge in [0.15, 0.2) is 0 Å². The third-order valence-corrected chi connectivity index (χ3v) is 10.1. The summed E-state index contributed by atoms with van der Waals surface area (Å²) in [5, 5.41) is 2.41. The second kappa shape index (κ2) is 14.3. The fourth-order valence-electron chi connectivity index (χ4n) is 7.50. The Balaban J connectivity index is 1.23. The van der Waals surface area contributed by atoms with E-state index >= 15 is 0 Å². The van der Waals surface area contributed by atoms with Crippen LogP contribution in [0.25, 0.3) is 66.4 Å². The zero-order chi connectivity index (χ0) is 35.4. The van der Waals surface area contributed by atoms with Crippen molar-refractivity contribution in [2.45, 2.75) is 0 Å². The second-order valence-corrected chi connectivity index (χ2v) is 13.3. The van der Waals surface area contributed by atoms with Crippen molar-refractivity contribution in [1.29, 1.82) is 0 Å². The molecule has 250 valence electrons. The Bertz CT molecular complexity index is 2640. The molecule has 0 aromatic heterocycles. The molecule has 0 saturated heterocycles. The number of benzene rings is 9. The molecular formula is C52H37N. The Morgan fingerprint density at radius 2 is 0.679 bits per heavy atom. The van der Waals surface area contributed by atoms with E-state index in [1.54, 1.807) is 0 Å². The first-order chi connectivity index (χ1) is 26.3. The maximum atomic E-state index is 2.42. The monoisotopic (exact) mass is 675 g/mol. The van der Waals surface area contributed by atoms with Crippen molar-refractivity contribution in [3.8, 4) is 55.6 Å². The normalized spacial score (nSPS) is 11.0. The average Bonchev–Trinajstić information content (AvgIpc) is 3.25. The number of nitrogens with zero attached hydrogens (tertiary/aromatic N) is 1. The van der Waals surface area contributed by atoms with E-state index in [4.69, 9.17) is 0 Å². The van der Waals surface area contributed by atoms with E-state index in [1.165, 1.54) is 60.8 Å². The van der Waals surface area contributed by atoms with Crippen LogP contribution in [0.2, 0.25) is 0 Å². The predicted molar refractivity (Wildman–Crippen MR) is 226 cm³/mol. The molecule has 0 fully saturated rings. The minimum atomic E-state index is 1.10. The van der Waals surface area contributed by atoms with Crippen molar-refractivity contribution in [2.75, 3.05) is 4.90 Å². The molecule has 0 bridgehead atoms. The second-order valence-electron chi connectivity index (χ2n) is 13.3. The highest BCUT2D eigenvalue weighted by Crippen LogP contribution is 2.44. The number of hydrogen-bond donors (Lipinski definition) is 0. The molecule has 0 aliphatic carbocycles. The number of fused-ring (bicyclic) bond motifs is 1. The van der Waals surface area contributed by atoms with Crippen molar-refractivity contribution in [3.05, 3.63) is 224 Å². The van der Waals surface area contributed by atoms with Gasteiger partial charge in [-0.2, -0.15) is 0 Å². The lowest BCUT2D eigenvalue weighted by atomic mass is 9.91. The molecule has 53 heavy (non-hydrogen) atoms. The Kier molecular flexibility index (Phi) is 8.66. The van der Waals surface area contributed by atoms with Gasteiger partial charge in [0.25, 0.3) is 0 Å². The largest absolute Gasteiger partial charge is 0.310 e. The van der Waals surface area contributed by atoms with Gasteiger partial charge in [0.2, 0.25) is 0 Å². The van der Waals surface area contributed by atoms with E-state index in [1.807, 2.05) is 0 Å². The maximum absolute atomic E-state index is 2.42. The Morgan fingerprint density at radius 1 is 0.245 bits per heavy atom. The molecule has 0 saturated carbocycles. The lowest BCUT2D eigenvalue weighted by molar-refractivity contribution is 1.30. The van der Waals surface area contributed by atoms with Gasteiger partial charge in [0.1, 0.15) is 0 Å². The molecule has 0 atom stereocenters. The first kappa shape index (κ1) is 32.0. The fourth-order valence-corrected chi connectivity index (χ4v) is 7.50. The van der Waals surface area contributed by atoms with Crippen LogP contribution in [-0.2, 0) is 0 Å². The highest BCUT2D eigenvalue weighted by molar-refractivity contribution is 6.00. The Labute approximate surface area is 311 Å². The first-order valence-corrected chi connectivity index (χ1v) is 18.2. The summed E-state index contributed by atoms with van der Waals surface area (Å²) >= 11 is 0. The predicted octanol–water partition coefficient (Wildman–Crippen LogP) is 14.6. The van der Waals surface area contributed by atoms with Crippen LogP contribution in [-0.4, -0.2) is 0 Å². The van der Waals surface area contributed by atoms with Gasteiger partial charge in [-0.25, -0.2) is 0 Å². The van der Waals surface area contributed by atoms with Gasteiger partial charge in [0, 0.05) is 16.8 Å². The van der Waals surface area contributed by atoms with E-state index in [2.05, 4.69) is 229 Å². The van der Waals surface area contributed by atoms with E-state index in [0.717, 1.165) is 22.6 Å². The summed E-state index contributed by atoms with van der Waals surface area (Å²) < 4.78 is 0. The summed E-state index contributed by atoms with van der Waals surface area (Å²) in [7, 11) is 0. The van der Waals surface area contributed by atoms with E-state index in [-0.39, 0.29) is 0 Å². The van der Waals surface area contributed by atoms with Crippen LogP contribution in [0.4, 0.5) is 17.1 Å². The maximum Gasteiger partial charge on any atom is 0.0540 e. The first-order valence-electron chi connectivity index (χ1n) is 18.2. The van der Waals surface area contributed by atoms with Gasteiger partial charge < -0.3 is 4.90 Å². The minimum Gasteiger partial charge on any atom is -0.310 e. The third-order valence-electron chi connectivity index (χ3n) is 10.1. The van der Waals surface area contributed by atoms with E-state index in [0.29, 0.717) is 0 Å². The summed E-state index contributed by atoms with van der Waals surface area (Å²) in [5.74, 6) is 0. The smallest absolute Gasteiger partial charge is 0.0540 e. The molecule has 0 unspecified atom stereocenters. The average molecular weight is 676 g/mol. The molecule has 9 aromatic rings. The van der Waals surface area contributed by atoms with Crippen LogP contribution in [0.3, 0.4) is 0 Å². The van der Waals surface area contributed by atoms with Gasteiger partial charge in [-0.05, 0) is 97.4 Å². The summed E-state index contributed by atoms with van der Waals surface area (Å²) in [6.45, 7) is 0. The highest BCUT2D eigenvalue weighted by atomic mass is 15.1. The van der Waals surface area contributed by atoms with Gasteiger partial charge in [-0.3, -0.25) is 0 Å². The van der Waals surface area contributed by atoms with Crippen molar-refractivity contribution in [3.63, 3.8) is 0 Å². The SMILES string of the molecule is c1ccc(-c2ccc(-c3cccc(N(c4ccc(-c5ccccc5)c(-c5ccccc5)c4)c4cccc5ccccc45)c3)cc2-c2ccccc2)cc1. The molecule has 9 aromatic carbocycles. The lowest BCUT2D eigenvalue weighted by Crippen LogP contribution is -2.11. The molecule has 1 nitrogen and oxygen atoms in total. The molecule has 0 heterocycles. The molecule has 0 aliphatic rings. The zero-order valence-electron chi connectivity index (χ0n) is 29.3. The van der Waals surface area contributed by atoms with Crippen LogP contribution in [0, 0.1) is 0 Å². The van der Waals surface area contributed by atoms with Crippen LogP contribution in [0.5, 0.6) is 0 Å². The van der Waals surface area contributed by atoms with Crippen molar-refractivity contribution < 1.29 is 0 Å². The van der Waals surface area contributed by atoms with Gasteiger partial charge in [-0.15, -0.1) is 0 Å². The lowest BCUT2D eigenvalue weighted by Gasteiger charge is -2.28. The van der Waals surface area contributed by atoms with Gasteiger partial charge in [0.05, 0.1) is 5.69 Å².